The predicted octanol–water partition coefficient (Wildman–Crippen LogP) is 6.81. The number of hydrogen-bond donors (Lipinski definition) is 0. The van der Waals surface area contributed by atoms with E-state index in [-0.39, 0.29) is 16.6 Å². The Morgan fingerprint density at radius 1 is 1.05 bits per heavy atom. The molecule has 2 saturated heterocycles. The Hall–Kier alpha value is -2.01. The van der Waals surface area contributed by atoms with E-state index in [1.165, 1.54) is 60.4 Å². The zero-order valence-corrected chi connectivity index (χ0v) is 23.3. The van der Waals surface area contributed by atoms with Gasteiger partial charge in [-0.25, -0.2) is 0 Å². The molecule has 0 N–H and O–H groups in total. The molecule has 0 amide bonds. The molecule has 4 heterocycles. The van der Waals surface area contributed by atoms with Crippen molar-refractivity contribution in [3.63, 3.8) is 0 Å². The third-order valence-electron chi connectivity index (χ3n) is 11.9. The fraction of sp³-hybridized carbons (Fsp3) is 0.618. The summed E-state index contributed by atoms with van der Waals surface area (Å²) >= 11 is 0. The molecule has 8 rings (SSSR count). The van der Waals surface area contributed by atoms with Gasteiger partial charge in [0.15, 0.2) is 0 Å². The van der Waals surface area contributed by atoms with Crippen molar-refractivity contribution in [1.29, 1.82) is 0 Å². The second-order valence-electron chi connectivity index (χ2n) is 14.3. The summed E-state index contributed by atoms with van der Waals surface area (Å²) in [5, 5.41) is 2.55. The Kier molecular flexibility index (Phi) is 5.03. The molecule has 2 saturated carbocycles. The molecule has 3 aliphatic carbocycles. The van der Waals surface area contributed by atoms with E-state index in [0.29, 0.717) is 23.3 Å². The van der Waals surface area contributed by atoms with Gasteiger partial charge in [0.1, 0.15) is 0 Å². The van der Waals surface area contributed by atoms with Crippen LogP contribution in [0, 0.1) is 16.7 Å². The molecule has 200 valence electrons. The van der Waals surface area contributed by atoms with Gasteiger partial charge in [0.2, 0.25) is 0 Å². The van der Waals surface area contributed by atoms with Crippen LogP contribution >= 0.6 is 0 Å². The van der Waals surface area contributed by atoms with Crippen molar-refractivity contribution in [1.82, 2.24) is 9.88 Å². The molecule has 38 heavy (non-hydrogen) atoms. The molecule has 6 atom stereocenters. The Bertz CT molecular complexity index is 1360. The number of hydrogen-bond acceptors (Lipinski definition) is 4. The summed E-state index contributed by atoms with van der Waals surface area (Å²) in [5.41, 5.74) is 5.05. The lowest BCUT2D eigenvalue weighted by molar-refractivity contribution is -0.147. The number of allylic oxidation sites excluding steroid dienone is 1. The highest BCUT2D eigenvalue weighted by atomic mass is 16.5. The van der Waals surface area contributed by atoms with Crippen molar-refractivity contribution >= 4 is 10.8 Å². The minimum atomic E-state index is -0.0854. The summed E-state index contributed by atoms with van der Waals surface area (Å²) in [5.74, 6) is 1.16. The van der Waals surface area contributed by atoms with Crippen molar-refractivity contribution in [3.05, 3.63) is 65.5 Å². The van der Waals surface area contributed by atoms with Gasteiger partial charge >= 0.3 is 0 Å². The maximum Gasteiger partial charge on any atom is 0.0974 e. The fourth-order valence-corrected chi connectivity index (χ4v) is 9.90. The number of benzene rings is 1. The first-order valence-corrected chi connectivity index (χ1v) is 15.1. The molecule has 1 unspecified atom stereocenters. The molecule has 4 nitrogen and oxygen atoms in total. The first-order valence-electron chi connectivity index (χ1n) is 15.1. The molecule has 1 aromatic carbocycles. The zero-order valence-electron chi connectivity index (χ0n) is 23.3. The number of pyridine rings is 1. The molecule has 2 bridgehead atoms. The highest BCUT2D eigenvalue weighted by molar-refractivity contribution is 5.82. The van der Waals surface area contributed by atoms with Crippen molar-refractivity contribution in [3.8, 4) is 0 Å². The summed E-state index contributed by atoms with van der Waals surface area (Å²) in [7, 11) is 2.34. The predicted molar refractivity (Wildman–Crippen MR) is 151 cm³/mol. The smallest absolute Gasteiger partial charge is 0.0974 e. The lowest BCUT2D eigenvalue weighted by atomic mass is 9.58. The topological polar surface area (TPSA) is 34.6 Å². The Labute approximate surface area is 227 Å². The van der Waals surface area contributed by atoms with Crippen molar-refractivity contribution < 1.29 is 9.47 Å². The first kappa shape index (κ1) is 23.8. The fourth-order valence-electron chi connectivity index (χ4n) is 9.90. The van der Waals surface area contributed by atoms with E-state index in [0.717, 1.165) is 32.6 Å². The van der Waals surface area contributed by atoms with Crippen molar-refractivity contribution in [2.75, 3.05) is 26.8 Å². The molecule has 0 radical (unpaired) electrons. The summed E-state index contributed by atoms with van der Waals surface area (Å²) in [6.07, 6.45) is 18.8. The highest BCUT2D eigenvalue weighted by Gasteiger charge is 2.66. The highest BCUT2D eigenvalue weighted by Crippen LogP contribution is 2.69. The molecule has 6 aliphatic rings. The first-order chi connectivity index (χ1) is 18.3. The SMILES string of the molecule is CN(CC1(C)COC1)[C@H]1CCC2=CC3=CC[C@]4(C)[C@@H](c5ccc6ccncc6c5)CC[C@H]4C34CC[C@]2(C1)O4. The molecule has 4 heteroatoms. The van der Waals surface area contributed by atoms with Crippen LogP contribution in [0.1, 0.15) is 76.7 Å². The maximum absolute atomic E-state index is 7.57. The molecular weight excluding hydrogens is 468 g/mol. The van der Waals surface area contributed by atoms with E-state index in [2.05, 4.69) is 67.2 Å². The largest absolute Gasteiger partial charge is 0.380 e. The third kappa shape index (κ3) is 3.23. The second-order valence-corrected chi connectivity index (χ2v) is 14.3. The van der Waals surface area contributed by atoms with Gasteiger partial charge in [0.25, 0.3) is 0 Å². The lowest BCUT2D eigenvalue weighted by Gasteiger charge is -2.55. The van der Waals surface area contributed by atoms with Crippen LogP contribution < -0.4 is 0 Å². The van der Waals surface area contributed by atoms with Crippen LogP contribution in [-0.2, 0) is 9.47 Å². The Morgan fingerprint density at radius 2 is 1.95 bits per heavy atom. The van der Waals surface area contributed by atoms with Gasteiger partial charge < -0.3 is 14.4 Å². The van der Waals surface area contributed by atoms with Gasteiger partial charge in [0, 0.05) is 35.8 Å². The quantitative estimate of drug-likeness (QED) is 0.452. The summed E-state index contributed by atoms with van der Waals surface area (Å²) in [4.78, 5) is 7.04. The molecule has 2 spiro atoms. The van der Waals surface area contributed by atoms with Gasteiger partial charge in [-0.3, -0.25) is 4.98 Å². The van der Waals surface area contributed by atoms with E-state index in [9.17, 15) is 0 Å². The second kappa shape index (κ2) is 8.02. The molecule has 1 aromatic heterocycles. The van der Waals surface area contributed by atoms with Crippen LogP contribution in [0.4, 0.5) is 0 Å². The number of nitrogens with zero attached hydrogens (tertiary/aromatic N) is 2. The maximum atomic E-state index is 7.57. The van der Waals surface area contributed by atoms with Gasteiger partial charge in [-0.15, -0.1) is 0 Å². The molecule has 3 aliphatic heterocycles. The number of aromatic nitrogens is 1. The van der Waals surface area contributed by atoms with Crippen LogP contribution in [0.5, 0.6) is 0 Å². The standard InChI is InChI=1S/C34H42N2O2/c1-31(21-37-22-31)20-36(3)28-7-6-26-17-27-10-12-32(2)29(24-5-4-23-11-15-35-19-25(23)16-24)8-9-30(32)34(27)14-13-33(26,18-28)38-34/h4-5,10-11,15-17,19,28-30H,6-9,12-14,18,20-22H2,1-3H3/t28-,29+,30+,32+,33+,34?/m0/s1. The van der Waals surface area contributed by atoms with Crippen LogP contribution in [0.2, 0.25) is 0 Å². The number of ether oxygens (including phenoxy) is 2. The van der Waals surface area contributed by atoms with E-state index in [1.54, 1.807) is 5.57 Å². The number of fused-ring (bicyclic) bond motifs is 2. The Morgan fingerprint density at radius 3 is 2.79 bits per heavy atom. The third-order valence-corrected chi connectivity index (χ3v) is 11.9. The average molecular weight is 511 g/mol. The summed E-state index contributed by atoms with van der Waals surface area (Å²) in [6, 6.07) is 9.84. The minimum Gasteiger partial charge on any atom is -0.380 e. The van der Waals surface area contributed by atoms with Gasteiger partial charge in [-0.1, -0.05) is 38.1 Å². The van der Waals surface area contributed by atoms with Crippen LogP contribution in [0.15, 0.2) is 60.0 Å². The molecule has 4 fully saturated rings. The van der Waals surface area contributed by atoms with Gasteiger partial charge in [0.05, 0.1) is 24.4 Å². The van der Waals surface area contributed by atoms with E-state index in [4.69, 9.17) is 9.47 Å². The monoisotopic (exact) mass is 510 g/mol. The van der Waals surface area contributed by atoms with E-state index < -0.39 is 0 Å². The minimum absolute atomic E-state index is 0.0451. The van der Waals surface area contributed by atoms with Crippen LogP contribution in [0.25, 0.3) is 10.8 Å². The van der Waals surface area contributed by atoms with Gasteiger partial charge in [-0.05, 0) is 110 Å². The summed E-state index contributed by atoms with van der Waals surface area (Å²) < 4.78 is 13.1. The van der Waals surface area contributed by atoms with E-state index in [1.807, 2.05) is 12.4 Å². The number of rotatable bonds is 4. The lowest BCUT2D eigenvalue weighted by Crippen LogP contribution is -2.56. The van der Waals surface area contributed by atoms with Gasteiger partial charge in [-0.2, -0.15) is 0 Å². The van der Waals surface area contributed by atoms with Crippen LogP contribution in [0.3, 0.4) is 0 Å². The Balaban J connectivity index is 1.10. The van der Waals surface area contributed by atoms with E-state index >= 15 is 0 Å². The average Bonchev–Trinajstić information content (AvgIpc) is 3.42. The molecular formula is C34H42N2O2. The summed E-state index contributed by atoms with van der Waals surface area (Å²) in [6.45, 7) is 7.90. The zero-order chi connectivity index (χ0) is 25.8. The molecule has 2 aromatic rings. The normalized spacial score (nSPS) is 40.7. The van der Waals surface area contributed by atoms with Crippen molar-refractivity contribution in [2.45, 2.75) is 88.4 Å². The van der Waals surface area contributed by atoms with Crippen LogP contribution in [-0.4, -0.2) is 53.9 Å². The van der Waals surface area contributed by atoms with Crippen molar-refractivity contribution in [2.24, 2.45) is 16.7 Å².